The highest BCUT2D eigenvalue weighted by Gasteiger charge is 2.29. The van der Waals surface area contributed by atoms with Crippen molar-refractivity contribution in [3.63, 3.8) is 0 Å². The van der Waals surface area contributed by atoms with Crippen molar-refractivity contribution in [3.05, 3.63) is 35.9 Å². The van der Waals surface area contributed by atoms with Crippen LogP contribution in [0.5, 0.6) is 0 Å². The maximum atomic E-state index is 11.8. The first kappa shape index (κ1) is 16.0. The van der Waals surface area contributed by atoms with E-state index in [2.05, 4.69) is 17.4 Å². The quantitative estimate of drug-likeness (QED) is 0.840. The predicted octanol–water partition coefficient (Wildman–Crippen LogP) is 2.70. The Morgan fingerprint density at radius 1 is 1.43 bits per heavy atom. The Morgan fingerprint density at radius 3 is 2.90 bits per heavy atom. The molecule has 1 saturated heterocycles. The van der Waals surface area contributed by atoms with Gasteiger partial charge in [-0.05, 0) is 25.3 Å². The van der Waals surface area contributed by atoms with Crippen LogP contribution in [-0.2, 0) is 14.3 Å². The first-order valence-electron chi connectivity index (χ1n) is 7.75. The van der Waals surface area contributed by atoms with Gasteiger partial charge in [0.1, 0.15) is 6.61 Å². The third kappa shape index (κ3) is 4.83. The Bertz CT molecular complexity index is 435. The lowest BCUT2D eigenvalue weighted by Crippen LogP contribution is -2.34. The van der Waals surface area contributed by atoms with Crippen LogP contribution < -0.4 is 5.32 Å². The van der Waals surface area contributed by atoms with Crippen LogP contribution in [0.3, 0.4) is 0 Å². The molecule has 3 atom stereocenters. The summed E-state index contributed by atoms with van der Waals surface area (Å²) in [5, 5.41) is 2.96. The molecule has 1 aliphatic heterocycles. The summed E-state index contributed by atoms with van der Waals surface area (Å²) >= 11 is 0. The second-order valence-electron chi connectivity index (χ2n) is 5.58. The summed E-state index contributed by atoms with van der Waals surface area (Å²) < 4.78 is 11.3. The van der Waals surface area contributed by atoms with Gasteiger partial charge in [-0.25, -0.2) is 0 Å². The fourth-order valence-electron chi connectivity index (χ4n) is 2.49. The number of hydrogen-bond acceptors (Lipinski definition) is 3. The van der Waals surface area contributed by atoms with Gasteiger partial charge < -0.3 is 14.8 Å². The molecule has 1 aromatic carbocycles. The normalized spacial score (nSPS) is 23.0. The summed E-state index contributed by atoms with van der Waals surface area (Å²) in [6.07, 6.45) is 2.11. The van der Waals surface area contributed by atoms with Crippen LogP contribution in [0.2, 0.25) is 0 Å². The smallest absolute Gasteiger partial charge is 0.246 e. The molecule has 1 N–H and O–H groups in total. The van der Waals surface area contributed by atoms with E-state index in [9.17, 15) is 4.79 Å². The van der Waals surface area contributed by atoms with Crippen LogP contribution in [-0.4, -0.2) is 31.8 Å². The number of carbonyl (C=O) groups is 1. The molecule has 0 saturated carbocycles. The number of rotatable bonds is 7. The molecule has 4 nitrogen and oxygen atoms in total. The number of amides is 1. The van der Waals surface area contributed by atoms with Gasteiger partial charge in [0.2, 0.25) is 5.91 Å². The molecule has 0 aromatic heterocycles. The van der Waals surface area contributed by atoms with Crippen molar-refractivity contribution in [1.29, 1.82) is 0 Å². The molecular formula is C17H25NO3. The molecule has 1 heterocycles. The largest absolute Gasteiger partial charge is 0.373 e. The Hall–Kier alpha value is -1.39. The van der Waals surface area contributed by atoms with Crippen molar-refractivity contribution in [3.8, 4) is 0 Å². The second-order valence-corrected chi connectivity index (χ2v) is 5.58. The second kappa shape index (κ2) is 8.15. The summed E-state index contributed by atoms with van der Waals surface area (Å²) in [7, 11) is 0. The average molecular weight is 291 g/mol. The van der Waals surface area contributed by atoms with Gasteiger partial charge in [-0.2, -0.15) is 0 Å². The van der Waals surface area contributed by atoms with Crippen molar-refractivity contribution >= 4 is 5.91 Å². The molecule has 1 aromatic rings. The molecule has 1 unspecified atom stereocenters. The molecule has 21 heavy (non-hydrogen) atoms. The molecule has 2 rings (SSSR count). The van der Waals surface area contributed by atoms with Gasteiger partial charge in [0.15, 0.2) is 0 Å². The van der Waals surface area contributed by atoms with E-state index in [1.165, 1.54) is 5.56 Å². The van der Waals surface area contributed by atoms with Gasteiger partial charge in [-0.3, -0.25) is 4.79 Å². The van der Waals surface area contributed by atoms with Crippen LogP contribution in [0.4, 0.5) is 0 Å². The zero-order valence-electron chi connectivity index (χ0n) is 12.9. The van der Waals surface area contributed by atoms with Gasteiger partial charge in [0.25, 0.3) is 0 Å². The minimum atomic E-state index is -0.0472. The van der Waals surface area contributed by atoms with Crippen LogP contribution in [0.25, 0.3) is 0 Å². The topological polar surface area (TPSA) is 47.6 Å². The van der Waals surface area contributed by atoms with Gasteiger partial charge in [0, 0.05) is 19.1 Å². The molecule has 0 radical (unpaired) electrons. The minimum Gasteiger partial charge on any atom is -0.373 e. The lowest BCUT2D eigenvalue weighted by atomic mass is 9.95. The molecular weight excluding hydrogens is 266 g/mol. The maximum absolute atomic E-state index is 11.8. The zero-order valence-corrected chi connectivity index (χ0v) is 12.9. The van der Waals surface area contributed by atoms with Crippen LogP contribution >= 0.6 is 0 Å². The van der Waals surface area contributed by atoms with Crippen LogP contribution in [0, 0.1) is 5.92 Å². The summed E-state index contributed by atoms with van der Waals surface area (Å²) in [4.78, 5) is 11.8. The molecule has 0 bridgehead atoms. The maximum Gasteiger partial charge on any atom is 0.246 e. The summed E-state index contributed by atoms with van der Waals surface area (Å²) in [6.45, 7) is 5.55. The standard InChI is InChI=1S/C17H25NO3/c1-3-13(2)21-12-16(19)18-11-15-9-10-20-17(15)14-7-5-4-6-8-14/h4-8,13,15,17H,3,9-12H2,1-2H3,(H,18,19)/t13?,15-,17-/m1/s1. The van der Waals surface area contributed by atoms with E-state index < -0.39 is 0 Å². The summed E-state index contributed by atoms with van der Waals surface area (Å²) in [6, 6.07) is 10.2. The van der Waals surface area contributed by atoms with E-state index >= 15 is 0 Å². The summed E-state index contributed by atoms with van der Waals surface area (Å²) in [5.74, 6) is 0.286. The number of hydrogen-bond donors (Lipinski definition) is 1. The predicted molar refractivity (Wildman–Crippen MR) is 82.0 cm³/mol. The number of carbonyl (C=O) groups excluding carboxylic acids is 1. The van der Waals surface area contributed by atoms with Gasteiger partial charge >= 0.3 is 0 Å². The molecule has 4 heteroatoms. The van der Waals surface area contributed by atoms with E-state index in [4.69, 9.17) is 9.47 Å². The third-order valence-electron chi connectivity index (χ3n) is 3.98. The first-order valence-corrected chi connectivity index (χ1v) is 7.75. The highest BCUT2D eigenvalue weighted by Crippen LogP contribution is 2.33. The van der Waals surface area contributed by atoms with E-state index in [0.29, 0.717) is 12.5 Å². The number of benzene rings is 1. The van der Waals surface area contributed by atoms with E-state index in [1.807, 2.05) is 32.0 Å². The Balaban J connectivity index is 1.78. The SMILES string of the molecule is CCC(C)OCC(=O)NC[C@H]1CCO[C@@H]1c1ccccc1. The van der Waals surface area contributed by atoms with Crippen LogP contribution in [0.1, 0.15) is 38.4 Å². The number of nitrogens with one attached hydrogen (secondary N) is 1. The lowest BCUT2D eigenvalue weighted by Gasteiger charge is -2.19. The fraction of sp³-hybridized carbons (Fsp3) is 0.588. The van der Waals surface area contributed by atoms with Crippen molar-refractivity contribution < 1.29 is 14.3 Å². The Kier molecular flexibility index (Phi) is 6.21. The number of ether oxygens (including phenoxy) is 2. The first-order chi connectivity index (χ1) is 10.2. The Morgan fingerprint density at radius 2 is 2.19 bits per heavy atom. The van der Waals surface area contributed by atoms with Gasteiger partial charge in [-0.1, -0.05) is 37.3 Å². The third-order valence-corrected chi connectivity index (χ3v) is 3.98. The van der Waals surface area contributed by atoms with Crippen LogP contribution in [0.15, 0.2) is 30.3 Å². The van der Waals surface area contributed by atoms with Crippen molar-refractivity contribution in [1.82, 2.24) is 5.32 Å². The van der Waals surface area contributed by atoms with E-state index in [0.717, 1.165) is 19.4 Å². The average Bonchev–Trinajstić information content (AvgIpc) is 2.99. The van der Waals surface area contributed by atoms with Crippen molar-refractivity contribution in [2.75, 3.05) is 19.8 Å². The molecule has 116 valence electrons. The zero-order chi connectivity index (χ0) is 15.1. The molecule has 1 aliphatic rings. The highest BCUT2D eigenvalue weighted by molar-refractivity contribution is 5.77. The van der Waals surface area contributed by atoms with E-state index in [1.54, 1.807) is 0 Å². The van der Waals surface area contributed by atoms with Gasteiger partial charge in [-0.15, -0.1) is 0 Å². The molecule has 1 amide bonds. The van der Waals surface area contributed by atoms with Gasteiger partial charge in [0.05, 0.1) is 12.2 Å². The molecule has 0 spiro atoms. The minimum absolute atomic E-state index is 0.0472. The molecule has 0 aliphatic carbocycles. The fourth-order valence-corrected chi connectivity index (χ4v) is 2.49. The lowest BCUT2D eigenvalue weighted by molar-refractivity contribution is -0.127. The Labute approximate surface area is 126 Å². The summed E-state index contributed by atoms with van der Waals surface area (Å²) in [5.41, 5.74) is 1.19. The molecule has 1 fully saturated rings. The van der Waals surface area contributed by atoms with Crippen molar-refractivity contribution in [2.45, 2.75) is 38.9 Å². The highest BCUT2D eigenvalue weighted by atomic mass is 16.5. The van der Waals surface area contributed by atoms with E-state index in [-0.39, 0.29) is 24.7 Å². The van der Waals surface area contributed by atoms with Crippen molar-refractivity contribution in [2.24, 2.45) is 5.92 Å². The monoisotopic (exact) mass is 291 g/mol.